The first kappa shape index (κ1) is 17.7. The van der Waals surface area contributed by atoms with Crippen molar-refractivity contribution in [1.29, 1.82) is 0 Å². The molecule has 0 aliphatic heterocycles. The number of nitrogens with one attached hydrogen (secondary N) is 1. The molecule has 1 N–H and O–H groups in total. The zero-order valence-corrected chi connectivity index (χ0v) is 15.4. The summed E-state index contributed by atoms with van der Waals surface area (Å²) in [6.07, 6.45) is 0.756. The fourth-order valence-corrected chi connectivity index (χ4v) is 4.84. The maximum atomic E-state index is 12.6. The lowest BCUT2D eigenvalue weighted by atomic mass is 9.82. The second-order valence-electron chi connectivity index (χ2n) is 7.14. The Kier molecular flexibility index (Phi) is 5.10. The van der Waals surface area contributed by atoms with E-state index in [1.54, 1.807) is 19.1 Å². The molecule has 0 fully saturated rings. The van der Waals surface area contributed by atoms with Crippen LogP contribution in [0.1, 0.15) is 46.6 Å². The largest absolute Gasteiger partial charge is 0.241 e. The van der Waals surface area contributed by atoms with E-state index in [9.17, 15) is 8.42 Å². The molecule has 0 bridgehead atoms. The van der Waals surface area contributed by atoms with Crippen LogP contribution in [0.2, 0.25) is 0 Å². The second kappa shape index (κ2) is 5.78. The Morgan fingerprint density at radius 3 is 2.20 bits per heavy atom. The van der Waals surface area contributed by atoms with Gasteiger partial charge in [0.25, 0.3) is 0 Å². The van der Waals surface area contributed by atoms with Crippen molar-refractivity contribution < 1.29 is 8.42 Å². The summed E-state index contributed by atoms with van der Waals surface area (Å²) in [5.41, 5.74) is 0.303. The number of sulfonamides is 1. The van der Waals surface area contributed by atoms with Crippen LogP contribution in [0.15, 0.2) is 27.6 Å². The van der Waals surface area contributed by atoms with Gasteiger partial charge < -0.3 is 0 Å². The van der Waals surface area contributed by atoms with Gasteiger partial charge in [-0.1, -0.05) is 42.8 Å². The van der Waals surface area contributed by atoms with Crippen molar-refractivity contribution in [2.75, 3.05) is 0 Å². The van der Waals surface area contributed by atoms with Gasteiger partial charge in [-0.2, -0.15) is 0 Å². The molecule has 1 aromatic rings. The third-order valence-electron chi connectivity index (χ3n) is 2.82. The average Bonchev–Trinajstić information content (AvgIpc) is 2.15. The Morgan fingerprint density at radius 2 is 1.70 bits per heavy atom. The van der Waals surface area contributed by atoms with Crippen LogP contribution in [0.5, 0.6) is 0 Å². The second-order valence-corrected chi connectivity index (χ2v) is 9.70. The van der Waals surface area contributed by atoms with E-state index in [1.807, 2.05) is 19.9 Å². The summed E-state index contributed by atoms with van der Waals surface area (Å²) in [6.45, 7) is 12.0. The summed E-state index contributed by atoms with van der Waals surface area (Å²) in [5.74, 6) is 0. The van der Waals surface area contributed by atoms with Gasteiger partial charge in [-0.15, -0.1) is 0 Å². The van der Waals surface area contributed by atoms with E-state index in [4.69, 9.17) is 0 Å². The summed E-state index contributed by atoms with van der Waals surface area (Å²) in [4.78, 5) is 0.328. The topological polar surface area (TPSA) is 46.2 Å². The van der Waals surface area contributed by atoms with Crippen LogP contribution in [0.3, 0.4) is 0 Å². The monoisotopic (exact) mass is 361 g/mol. The van der Waals surface area contributed by atoms with E-state index in [1.165, 1.54) is 0 Å². The number of aryl methyl sites for hydroxylation is 1. The van der Waals surface area contributed by atoms with Crippen LogP contribution in [0, 0.1) is 12.3 Å². The van der Waals surface area contributed by atoms with E-state index in [0.29, 0.717) is 4.90 Å². The van der Waals surface area contributed by atoms with Crippen LogP contribution in [0.25, 0.3) is 0 Å². The van der Waals surface area contributed by atoms with Crippen LogP contribution >= 0.6 is 15.9 Å². The van der Waals surface area contributed by atoms with Gasteiger partial charge in [-0.05, 0) is 50.3 Å². The van der Waals surface area contributed by atoms with Crippen LogP contribution in [0.4, 0.5) is 0 Å². The predicted octanol–water partition coefficient (Wildman–Crippen LogP) is 4.25. The normalized spacial score (nSPS) is 13.6. The van der Waals surface area contributed by atoms with Crippen molar-refractivity contribution in [3.05, 3.63) is 28.2 Å². The molecule has 1 rings (SSSR count). The van der Waals surface area contributed by atoms with Crippen LogP contribution in [-0.4, -0.2) is 14.0 Å². The smallest absolute Gasteiger partial charge is 0.207 e. The first-order chi connectivity index (χ1) is 8.82. The maximum absolute atomic E-state index is 12.6. The summed E-state index contributed by atoms with van der Waals surface area (Å²) in [7, 11) is -3.52. The molecule has 0 spiro atoms. The molecule has 114 valence electrons. The quantitative estimate of drug-likeness (QED) is 0.870. The summed E-state index contributed by atoms with van der Waals surface area (Å²) >= 11 is 3.33. The van der Waals surface area contributed by atoms with Crippen molar-refractivity contribution in [2.24, 2.45) is 5.41 Å². The van der Waals surface area contributed by atoms with Crippen molar-refractivity contribution in [2.45, 2.75) is 58.4 Å². The van der Waals surface area contributed by atoms with Crippen LogP contribution in [-0.2, 0) is 10.0 Å². The van der Waals surface area contributed by atoms with Gasteiger partial charge in [-0.25, -0.2) is 13.1 Å². The first-order valence-corrected chi connectivity index (χ1v) is 8.90. The summed E-state index contributed by atoms with van der Waals surface area (Å²) < 4.78 is 28.7. The third-order valence-corrected chi connectivity index (χ3v) is 5.16. The highest BCUT2D eigenvalue weighted by Crippen LogP contribution is 2.29. The summed E-state index contributed by atoms with van der Waals surface area (Å²) in [6, 6.07) is 5.29. The summed E-state index contributed by atoms with van der Waals surface area (Å²) in [5, 5.41) is 0. The van der Waals surface area contributed by atoms with Crippen LogP contribution < -0.4 is 4.72 Å². The zero-order valence-electron chi connectivity index (χ0n) is 13.0. The highest BCUT2D eigenvalue weighted by atomic mass is 79.9. The number of hydrogen-bond acceptors (Lipinski definition) is 2. The van der Waals surface area contributed by atoms with E-state index in [2.05, 4.69) is 41.4 Å². The van der Waals surface area contributed by atoms with Gasteiger partial charge in [0.05, 0.1) is 4.90 Å². The molecule has 0 radical (unpaired) electrons. The molecule has 0 aliphatic rings. The van der Waals surface area contributed by atoms with Gasteiger partial charge >= 0.3 is 0 Å². The zero-order chi connectivity index (χ0) is 15.8. The standard InChI is InChI=1S/C15H24BrNO2S/c1-11-7-8-12(16)9-13(11)20(18,19)17-15(5,6)10-14(2,3)4/h7-9,17H,10H2,1-6H3. The minimum absolute atomic E-state index is 0.0539. The lowest BCUT2D eigenvalue weighted by molar-refractivity contribution is 0.269. The number of rotatable bonds is 4. The molecule has 20 heavy (non-hydrogen) atoms. The minimum atomic E-state index is -3.52. The Balaban J connectivity index is 3.09. The van der Waals surface area contributed by atoms with E-state index >= 15 is 0 Å². The van der Waals surface area contributed by atoms with Crippen molar-refractivity contribution in [1.82, 2.24) is 4.72 Å². The average molecular weight is 362 g/mol. The SMILES string of the molecule is Cc1ccc(Br)cc1S(=O)(=O)NC(C)(C)CC(C)(C)C. The Bertz CT molecular complexity index is 586. The molecule has 0 atom stereocenters. The highest BCUT2D eigenvalue weighted by Gasteiger charge is 2.31. The predicted molar refractivity (Wildman–Crippen MR) is 87.4 cm³/mol. The molecule has 0 saturated carbocycles. The molecular formula is C15H24BrNO2S. The highest BCUT2D eigenvalue weighted by molar-refractivity contribution is 9.10. The van der Waals surface area contributed by atoms with Crippen molar-refractivity contribution >= 4 is 26.0 Å². The molecule has 0 heterocycles. The first-order valence-electron chi connectivity index (χ1n) is 6.63. The molecule has 1 aromatic carbocycles. The lowest BCUT2D eigenvalue weighted by Crippen LogP contribution is -2.45. The molecular weight excluding hydrogens is 338 g/mol. The molecule has 0 amide bonds. The van der Waals surface area contributed by atoms with E-state index in [0.717, 1.165) is 16.5 Å². The van der Waals surface area contributed by atoms with Gasteiger partial charge in [0.2, 0.25) is 10.0 Å². The Hall–Kier alpha value is -0.390. The number of halogens is 1. The molecule has 0 aromatic heterocycles. The Labute approximate surface area is 131 Å². The van der Waals surface area contributed by atoms with E-state index in [-0.39, 0.29) is 5.41 Å². The molecule has 0 saturated heterocycles. The maximum Gasteiger partial charge on any atom is 0.241 e. The lowest BCUT2D eigenvalue weighted by Gasteiger charge is -2.33. The molecule has 0 aliphatic carbocycles. The van der Waals surface area contributed by atoms with Gasteiger partial charge in [-0.3, -0.25) is 0 Å². The number of benzene rings is 1. The van der Waals surface area contributed by atoms with Gasteiger partial charge in [0.15, 0.2) is 0 Å². The number of hydrogen-bond donors (Lipinski definition) is 1. The fourth-order valence-electron chi connectivity index (χ4n) is 2.64. The third kappa shape index (κ3) is 5.19. The van der Waals surface area contributed by atoms with Gasteiger partial charge in [0, 0.05) is 10.0 Å². The molecule has 0 unspecified atom stereocenters. The van der Waals surface area contributed by atoms with Crippen molar-refractivity contribution in [3.8, 4) is 0 Å². The van der Waals surface area contributed by atoms with E-state index < -0.39 is 15.6 Å². The molecule has 3 nitrogen and oxygen atoms in total. The minimum Gasteiger partial charge on any atom is -0.207 e. The van der Waals surface area contributed by atoms with Gasteiger partial charge in [0.1, 0.15) is 0 Å². The molecule has 5 heteroatoms. The fraction of sp³-hybridized carbons (Fsp3) is 0.600. The van der Waals surface area contributed by atoms with Crippen molar-refractivity contribution in [3.63, 3.8) is 0 Å². The Morgan fingerprint density at radius 1 is 1.15 bits per heavy atom.